The van der Waals surface area contributed by atoms with Gasteiger partial charge in [-0.2, -0.15) is 0 Å². The Morgan fingerprint density at radius 1 is 1.24 bits per heavy atom. The van der Waals surface area contributed by atoms with Gasteiger partial charge >= 0.3 is 6.03 Å². The summed E-state index contributed by atoms with van der Waals surface area (Å²) in [7, 11) is 1.58. The van der Waals surface area contributed by atoms with Crippen molar-refractivity contribution >= 4 is 11.9 Å². The summed E-state index contributed by atoms with van der Waals surface area (Å²) in [4.78, 5) is 31.1. The fourth-order valence-electron chi connectivity index (χ4n) is 3.29. The Bertz CT molecular complexity index is 778. The van der Waals surface area contributed by atoms with Crippen molar-refractivity contribution in [3.05, 3.63) is 48.0 Å². The predicted octanol–water partition coefficient (Wildman–Crippen LogP) is 1.55. The highest BCUT2D eigenvalue weighted by Crippen LogP contribution is 2.35. The van der Waals surface area contributed by atoms with Crippen LogP contribution in [0.4, 0.5) is 4.79 Å². The molecule has 2 aromatic rings. The number of nitrogens with two attached hydrogens (primary N) is 1. The number of hydrogen-bond acceptors (Lipinski definition) is 4. The molecule has 1 aliphatic rings. The second kappa shape index (κ2) is 6.58. The summed E-state index contributed by atoms with van der Waals surface area (Å²) >= 11 is 0. The van der Waals surface area contributed by atoms with E-state index in [1.807, 2.05) is 17.0 Å². The van der Waals surface area contributed by atoms with Crippen LogP contribution in [0.5, 0.6) is 5.75 Å². The number of carbonyl (C=O) groups is 2. The first-order valence-corrected chi connectivity index (χ1v) is 8.18. The number of aromatic nitrogens is 2. The normalized spacial score (nSPS) is 16.5. The average molecular weight is 341 g/mol. The second-order valence-corrected chi connectivity index (χ2v) is 6.25. The van der Waals surface area contributed by atoms with Gasteiger partial charge in [-0.05, 0) is 37.5 Å². The predicted molar refractivity (Wildman–Crippen MR) is 91.3 cm³/mol. The molecule has 1 radical (unpaired) electrons. The monoisotopic (exact) mass is 341 g/mol. The molecule has 1 aromatic heterocycles. The van der Waals surface area contributed by atoms with E-state index in [2.05, 4.69) is 11.2 Å². The first kappa shape index (κ1) is 17.0. The largest absolute Gasteiger partial charge is 0.497 e. The highest BCUT2D eigenvalue weighted by Gasteiger charge is 2.44. The zero-order valence-corrected chi connectivity index (χ0v) is 14.4. The first-order chi connectivity index (χ1) is 12.0. The third kappa shape index (κ3) is 2.86. The van der Waals surface area contributed by atoms with Gasteiger partial charge in [0, 0.05) is 19.3 Å². The number of likely N-dealkylation sites (tertiary alicyclic amines) is 1. The van der Waals surface area contributed by atoms with Gasteiger partial charge in [-0.1, -0.05) is 12.1 Å². The van der Waals surface area contributed by atoms with Crippen LogP contribution in [-0.4, -0.2) is 46.6 Å². The molecule has 0 spiro atoms. The van der Waals surface area contributed by atoms with Crippen LogP contribution in [0.15, 0.2) is 30.5 Å². The molecule has 0 aliphatic carbocycles. The number of carbonyl (C=O) groups excluding carboxylic acids is 2. The fourth-order valence-corrected chi connectivity index (χ4v) is 3.29. The summed E-state index contributed by atoms with van der Waals surface area (Å²) in [6.45, 7) is 3.17. The number of primary amides is 1. The number of methoxy groups -OCH3 is 1. The first-order valence-electron chi connectivity index (χ1n) is 8.18. The zero-order valence-electron chi connectivity index (χ0n) is 14.4. The van der Waals surface area contributed by atoms with Gasteiger partial charge in [0.05, 0.1) is 7.11 Å². The lowest BCUT2D eigenvalue weighted by atomic mass is 9.80. The molecule has 2 heterocycles. The van der Waals surface area contributed by atoms with Crippen molar-refractivity contribution in [3.8, 4) is 5.75 Å². The van der Waals surface area contributed by atoms with Crippen LogP contribution in [0, 0.1) is 6.20 Å². The third-order valence-corrected chi connectivity index (χ3v) is 4.76. The molecule has 2 amide bonds. The van der Waals surface area contributed by atoms with E-state index in [4.69, 9.17) is 10.5 Å². The lowest BCUT2D eigenvalue weighted by Gasteiger charge is -2.32. The fraction of sp³-hybridized carbons (Fsp3) is 0.389. The maximum absolute atomic E-state index is 13.4. The molecule has 7 nitrogen and oxygen atoms in total. The molecule has 1 atom stereocenters. The van der Waals surface area contributed by atoms with Crippen LogP contribution in [-0.2, 0) is 10.2 Å². The molecular weight excluding hydrogens is 320 g/mol. The van der Waals surface area contributed by atoms with E-state index in [1.165, 1.54) is 10.8 Å². The molecule has 0 bridgehead atoms. The van der Waals surface area contributed by atoms with E-state index in [0.29, 0.717) is 24.4 Å². The van der Waals surface area contributed by atoms with E-state index in [9.17, 15) is 9.59 Å². The van der Waals surface area contributed by atoms with Gasteiger partial charge in [0.2, 0.25) is 5.91 Å². The average Bonchev–Trinajstić information content (AvgIpc) is 3.32. The zero-order chi connectivity index (χ0) is 18.0. The van der Waals surface area contributed by atoms with Crippen LogP contribution in [0.2, 0.25) is 0 Å². The molecule has 0 saturated carbocycles. The van der Waals surface area contributed by atoms with Crippen LogP contribution >= 0.6 is 0 Å². The molecule has 1 saturated heterocycles. The van der Waals surface area contributed by atoms with Crippen molar-refractivity contribution in [2.24, 2.45) is 5.73 Å². The third-order valence-electron chi connectivity index (χ3n) is 4.76. The number of hydrogen-bond donors (Lipinski definition) is 1. The minimum absolute atomic E-state index is 0.0998. The maximum Gasteiger partial charge on any atom is 0.324 e. The van der Waals surface area contributed by atoms with Crippen molar-refractivity contribution in [2.75, 3.05) is 20.2 Å². The summed E-state index contributed by atoms with van der Waals surface area (Å²) in [5, 5.41) is 0. The lowest BCUT2D eigenvalue weighted by Crippen LogP contribution is -2.47. The maximum atomic E-state index is 13.4. The SMILES string of the molecule is COc1ccc(C(C)(C(=O)N2CCCC2)c2n[c]cn2C(N)=O)cc1. The Balaban J connectivity index is 2.14. The topological polar surface area (TPSA) is 90.4 Å². The van der Waals surface area contributed by atoms with E-state index >= 15 is 0 Å². The molecule has 1 fully saturated rings. The number of nitrogens with zero attached hydrogens (tertiary/aromatic N) is 3. The van der Waals surface area contributed by atoms with Gasteiger partial charge in [0.15, 0.2) is 0 Å². The number of ether oxygens (including phenoxy) is 1. The molecule has 25 heavy (non-hydrogen) atoms. The number of benzene rings is 1. The van der Waals surface area contributed by atoms with Crippen LogP contribution in [0.1, 0.15) is 31.2 Å². The van der Waals surface area contributed by atoms with Gasteiger partial charge in [-0.15, -0.1) is 0 Å². The van der Waals surface area contributed by atoms with Gasteiger partial charge in [-0.3, -0.25) is 9.36 Å². The van der Waals surface area contributed by atoms with Crippen LogP contribution in [0.25, 0.3) is 0 Å². The van der Waals surface area contributed by atoms with E-state index in [0.717, 1.165) is 12.8 Å². The summed E-state index contributed by atoms with van der Waals surface area (Å²) in [5.41, 5.74) is 5.02. The summed E-state index contributed by atoms with van der Waals surface area (Å²) < 4.78 is 6.38. The second-order valence-electron chi connectivity index (χ2n) is 6.25. The van der Waals surface area contributed by atoms with Gasteiger partial charge in [0.25, 0.3) is 0 Å². The molecule has 2 N–H and O–H groups in total. The van der Waals surface area contributed by atoms with Crippen LogP contribution in [0.3, 0.4) is 0 Å². The molecule has 7 heteroatoms. The summed E-state index contributed by atoms with van der Waals surface area (Å²) in [6, 6.07) is 6.50. The number of imidazole rings is 1. The number of amides is 2. The van der Waals surface area contributed by atoms with Crippen molar-refractivity contribution < 1.29 is 14.3 Å². The van der Waals surface area contributed by atoms with Crippen molar-refractivity contribution in [2.45, 2.75) is 25.2 Å². The number of rotatable bonds is 4. The van der Waals surface area contributed by atoms with Gasteiger partial charge in [0.1, 0.15) is 23.2 Å². The van der Waals surface area contributed by atoms with E-state index < -0.39 is 11.4 Å². The molecule has 1 unspecified atom stereocenters. The van der Waals surface area contributed by atoms with E-state index in [1.54, 1.807) is 26.2 Å². The quantitative estimate of drug-likeness (QED) is 0.913. The summed E-state index contributed by atoms with van der Waals surface area (Å²) in [5.74, 6) is 0.851. The van der Waals surface area contributed by atoms with Crippen molar-refractivity contribution in [1.82, 2.24) is 14.5 Å². The molecule has 131 valence electrons. The Morgan fingerprint density at radius 3 is 2.44 bits per heavy atom. The van der Waals surface area contributed by atoms with Crippen molar-refractivity contribution in [1.29, 1.82) is 0 Å². The highest BCUT2D eigenvalue weighted by molar-refractivity contribution is 5.92. The molecular formula is C18H21N4O3. The Morgan fingerprint density at radius 2 is 1.88 bits per heavy atom. The Kier molecular flexibility index (Phi) is 4.48. The van der Waals surface area contributed by atoms with Crippen LogP contribution < -0.4 is 10.5 Å². The minimum Gasteiger partial charge on any atom is -0.497 e. The Labute approximate surface area is 146 Å². The Hall–Kier alpha value is -2.83. The van der Waals surface area contributed by atoms with Crippen molar-refractivity contribution in [3.63, 3.8) is 0 Å². The standard InChI is InChI=1S/C18H21N4O3/c1-18(16(23)21-10-3-4-11-21,13-5-7-14(25-2)8-6-13)15-20-9-12-22(15)17(19)24/h5-8,12H,3-4,10-11H2,1-2H3,(H2,19,24). The van der Waals surface area contributed by atoms with Gasteiger partial charge in [-0.25, -0.2) is 9.78 Å². The van der Waals surface area contributed by atoms with E-state index in [-0.39, 0.29) is 11.7 Å². The molecule has 1 aliphatic heterocycles. The molecule has 3 rings (SSSR count). The molecule has 1 aromatic carbocycles. The highest BCUT2D eigenvalue weighted by atomic mass is 16.5. The summed E-state index contributed by atoms with van der Waals surface area (Å²) in [6.07, 6.45) is 5.94. The van der Waals surface area contributed by atoms with Gasteiger partial charge < -0.3 is 15.4 Å². The minimum atomic E-state index is -1.15. The lowest BCUT2D eigenvalue weighted by molar-refractivity contribution is -0.134. The smallest absolute Gasteiger partial charge is 0.324 e.